The molecule has 1 aromatic carbocycles. The molecule has 0 saturated carbocycles. The van der Waals surface area contributed by atoms with Gasteiger partial charge >= 0.3 is 0 Å². The molecule has 2 rings (SSSR count). The first kappa shape index (κ1) is 14.7. The van der Waals surface area contributed by atoms with Crippen molar-refractivity contribution >= 4 is 17.4 Å². The zero-order valence-electron chi connectivity index (χ0n) is 11.0. The third-order valence-electron chi connectivity index (χ3n) is 3.12. The molecule has 0 aliphatic heterocycles. The summed E-state index contributed by atoms with van der Waals surface area (Å²) in [6, 6.07) is 6.43. The maximum Gasteiger partial charge on any atom is 0.145 e. The van der Waals surface area contributed by atoms with Crippen molar-refractivity contribution in [3.05, 3.63) is 58.0 Å². The van der Waals surface area contributed by atoms with Crippen LogP contribution in [0.2, 0.25) is 5.02 Å². The fraction of sp³-hybridized carbons (Fsp3) is 0.214. The third-order valence-corrected chi connectivity index (χ3v) is 3.41. The van der Waals surface area contributed by atoms with Gasteiger partial charge in [0.05, 0.1) is 11.1 Å². The summed E-state index contributed by atoms with van der Waals surface area (Å²) in [6.07, 6.45) is 2.00. The Morgan fingerprint density at radius 3 is 2.90 bits per heavy atom. The number of hydrogen-bond donors (Lipinski definition) is 3. The van der Waals surface area contributed by atoms with E-state index in [4.69, 9.17) is 23.2 Å². The number of anilines is 1. The van der Waals surface area contributed by atoms with Crippen molar-refractivity contribution < 1.29 is 4.39 Å². The lowest BCUT2D eigenvalue weighted by atomic mass is 9.98. The van der Waals surface area contributed by atoms with E-state index >= 15 is 0 Å². The third kappa shape index (κ3) is 3.07. The van der Waals surface area contributed by atoms with Crippen LogP contribution in [0.1, 0.15) is 22.7 Å². The largest absolute Gasteiger partial charge is 0.383 e. The van der Waals surface area contributed by atoms with Crippen molar-refractivity contribution in [3.8, 4) is 0 Å². The molecule has 2 aromatic rings. The Labute approximate surface area is 121 Å². The molecule has 0 fully saturated rings. The summed E-state index contributed by atoms with van der Waals surface area (Å²) in [5, 5.41) is 0.0913. The van der Waals surface area contributed by atoms with Crippen molar-refractivity contribution in [1.29, 1.82) is 0 Å². The second-order valence-corrected chi connectivity index (χ2v) is 5.03. The van der Waals surface area contributed by atoms with Gasteiger partial charge in [0.25, 0.3) is 0 Å². The number of hydrogen-bond acceptors (Lipinski definition) is 4. The fourth-order valence-electron chi connectivity index (χ4n) is 2.07. The second-order valence-electron chi connectivity index (χ2n) is 4.62. The van der Waals surface area contributed by atoms with Crippen LogP contribution in [0.25, 0.3) is 0 Å². The van der Waals surface area contributed by atoms with E-state index in [-0.39, 0.29) is 11.1 Å². The van der Waals surface area contributed by atoms with Gasteiger partial charge in [-0.25, -0.2) is 9.37 Å². The van der Waals surface area contributed by atoms with Gasteiger partial charge in [-0.1, -0.05) is 23.7 Å². The maximum atomic E-state index is 13.9. The Morgan fingerprint density at radius 1 is 1.45 bits per heavy atom. The Hall–Kier alpha value is -1.69. The summed E-state index contributed by atoms with van der Waals surface area (Å²) in [4.78, 5) is 4.09. The quantitative estimate of drug-likeness (QED) is 0.598. The number of halogens is 2. The minimum Gasteiger partial charge on any atom is -0.383 e. The highest BCUT2D eigenvalue weighted by molar-refractivity contribution is 6.30. The van der Waals surface area contributed by atoms with Crippen molar-refractivity contribution in [1.82, 2.24) is 10.4 Å². The summed E-state index contributed by atoms with van der Waals surface area (Å²) in [7, 11) is 0. The van der Waals surface area contributed by atoms with Crippen LogP contribution < -0.4 is 17.0 Å². The van der Waals surface area contributed by atoms with Crippen LogP contribution >= 0.6 is 11.6 Å². The van der Waals surface area contributed by atoms with Crippen molar-refractivity contribution in [2.45, 2.75) is 19.4 Å². The van der Waals surface area contributed by atoms with E-state index in [1.165, 1.54) is 6.07 Å². The number of nitrogens with two attached hydrogens (primary N) is 2. The normalized spacial score (nSPS) is 12.4. The Balaban J connectivity index is 2.34. The van der Waals surface area contributed by atoms with Gasteiger partial charge in [0.15, 0.2) is 0 Å². The number of hydrazine groups is 1. The second kappa shape index (κ2) is 6.17. The number of nitrogens with one attached hydrogen (secondary N) is 1. The molecule has 1 unspecified atom stereocenters. The summed E-state index contributed by atoms with van der Waals surface area (Å²) < 4.78 is 13.9. The van der Waals surface area contributed by atoms with Crippen molar-refractivity contribution in [2.75, 3.05) is 5.73 Å². The molecule has 6 heteroatoms. The number of nitrogens with zero attached hydrogens (tertiary/aromatic N) is 1. The van der Waals surface area contributed by atoms with E-state index in [1.54, 1.807) is 18.3 Å². The van der Waals surface area contributed by atoms with Gasteiger partial charge in [-0.15, -0.1) is 0 Å². The number of pyridine rings is 1. The average molecular weight is 295 g/mol. The maximum absolute atomic E-state index is 13.9. The molecule has 0 saturated heterocycles. The molecule has 20 heavy (non-hydrogen) atoms. The van der Waals surface area contributed by atoms with E-state index in [0.717, 1.165) is 11.1 Å². The van der Waals surface area contributed by atoms with Crippen LogP contribution in [0.4, 0.5) is 10.2 Å². The molecule has 4 nitrogen and oxygen atoms in total. The monoisotopic (exact) mass is 294 g/mol. The molecule has 0 aliphatic carbocycles. The topological polar surface area (TPSA) is 77.0 Å². The molecule has 5 N–H and O–H groups in total. The van der Waals surface area contributed by atoms with Crippen LogP contribution in [0.15, 0.2) is 30.5 Å². The Bertz CT molecular complexity index is 618. The zero-order valence-corrected chi connectivity index (χ0v) is 11.8. The molecule has 0 radical (unpaired) electrons. The van der Waals surface area contributed by atoms with Crippen LogP contribution in [0.5, 0.6) is 0 Å². The SMILES string of the molecule is Cc1cnc(N)c(C(Cc2cccc(Cl)c2F)NN)c1. The summed E-state index contributed by atoms with van der Waals surface area (Å²) >= 11 is 5.78. The van der Waals surface area contributed by atoms with Gasteiger partial charge in [0.1, 0.15) is 11.6 Å². The van der Waals surface area contributed by atoms with E-state index in [1.807, 2.05) is 13.0 Å². The molecule has 1 aromatic heterocycles. The van der Waals surface area contributed by atoms with Crippen molar-refractivity contribution in [2.24, 2.45) is 5.84 Å². The molecule has 0 amide bonds. The minimum absolute atomic E-state index is 0.0913. The summed E-state index contributed by atoms with van der Waals surface area (Å²) in [5.41, 5.74) is 10.7. The lowest BCUT2D eigenvalue weighted by molar-refractivity contribution is 0.529. The van der Waals surface area contributed by atoms with Crippen LogP contribution in [0, 0.1) is 12.7 Å². The predicted molar refractivity (Wildman–Crippen MR) is 78.6 cm³/mol. The fourth-order valence-corrected chi connectivity index (χ4v) is 2.26. The highest BCUT2D eigenvalue weighted by Gasteiger charge is 2.17. The summed E-state index contributed by atoms with van der Waals surface area (Å²) in [5.74, 6) is 5.51. The van der Waals surface area contributed by atoms with Crippen LogP contribution in [-0.2, 0) is 6.42 Å². The molecular formula is C14H16ClFN4. The lowest BCUT2D eigenvalue weighted by Crippen LogP contribution is -2.30. The van der Waals surface area contributed by atoms with Gasteiger partial charge in [-0.3, -0.25) is 11.3 Å². The van der Waals surface area contributed by atoms with E-state index < -0.39 is 5.82 Å². The van der Waals surface area contributed by atoms with Crippen LogP contribution in [0.3, 0.4) is 0 Å². The number of rotatable bonds is 4. The highest BCUT2D eigenvalue weighted by atomic mass is 35.5. The Morgan fingerprint density at radius 2 is 2.20 bits per heavy atom. The lowest BCUT2D eigenvalue weighted by Gasteiger charge is -2.18. The van der Waals surface area contributed by atoms with Gasteiger partial charge in [-0.2, -0.15) is 0 Å². The zero-order chi connectivity index (χ0) is 14.7. The van der Waals surface area contributed by atoms with Crippen LogP contribution in [-0.4, -0.2) is 4.98 Å². The number of aryl methyl sites for hydroxylation is 1. The van der Waals surface area contributed by atoms with Crippen molar-refractivity contribution in [3.63, 3.8) is 0 Å². The smallest absolute Gasteiger partial charge is 0.145 e. The molecule has 0 bridgehead atoms. The van der Waals surface area contributed by atoms with Gasteiger partial charge in [-0.05, 0) is 36.6 Å². The first-order valence-corrected chi connectivity index (χ1v) is 6.51. The number of aromatic nitrogens is 1. The predicted octanol–water partition coefficient (Wildman–Crippen LogP) is 2.51. The number of nitrogen functional groups attached to an aromatic ring is 1. The molecule has 1 heterocycles. The summed E-state index contributed by atoms with van der Waals surface area (Å²) in [6.45, 7) is 1.91. The average Bonchev–Trinajstić information content (AvgIpc) is 2.43. The Kier molecular flexibility index (Phi) is 4.54. The van der Waals surface area contributed by atoms with E-state index in [0.29, 0.717) is 17.8 Å². The minimum atomic E-state index is -0.436. The van der Waals surface area contributed by atoms with Gasteiger partial charge in [0.2, 0.25) is 0 Å². The molecule has 0 spiro atoms. The molecular weight excluding hydrogens is 279 g/mol. The highest BCUT2D eigenvalue weighted by Crippen LogP contribution is 2.26. The standard InChI is InChI=1S/C14H16ClFN4/c1-8-5-10(14(17)19-7-8)12(20-18)6-9-3-2-4-11(15)13(9)16/h2-5,7,12,20H,6,18H2,1H3,(H2,17,19). The van der Waals surface area contributed by atoms with Gasteiger partial charge < -0.3 is 5.73 Å². The molecule has 106 valence electrons. The molecule has 1 atom stereocenters. The molecule has 0 aliphatic rings. The van der Waals surface area contributed by atoms with Gasteiger partial charge in [0, 0.05) is 11.8 Å². The van der Waals surface area contributed by atoms with E-state index in [9.17, 15) is 4.39 Å². The number of benzene rings is 1. The first-order valence-electron chi connectivity index (χ1n) is 6.14. The van der Waals surface area contributed by atoms with E-state index in [2.05, 4.69) is 10.4 Å². The first-order chi connectivity index (χ1) is 9.52.